The average Bonchev–Trinajstić information content (AvgIpc) is 2.59. The maximum Gasteiger partial charge on any atom is 0.251 e. The van der Waals surface area contributed by atoms with Gasteiger partial charge < -0.3 is 5.32 Å². The standard InChI is InChI=1S/C20H19NO/c1-15(16-8-3-2-4-9-16)14-21-20(22)19-13-7-11-17-10-5-6-12-18(17)19/h2-13,15H,14H2,1H3,(H,21,22)/t15-/m1/s1. The van der Waals surface area contributed by atoms with Gasteiger partial charge in [-0.3, -0.25) is 4.79 Å². The molecule has 0 spiro atoms. The van der Waals surface area contributed by atoms with Crippen molar-refractivity contribution in [1.82, 2.24) is 5.32 Å². The number of hydrogen-bond acceptors (Lipinski definition) is 1. The normalized spacial score (nSPS) is 12.0. The highest BCUT2D eigenvalue weighted by atomic mass is 16.1. The monoisotopic (exact) mass is 289 g/mol. The Balaban J connectivity index is 1.74. The number of amides is 1. The molecule has 1 amide bonds. The second-order valence-corrected chi connectivity index (χ2v) is 5.55. The van der Waals surface area contributed by atoms with Crippen molar-refractivity contribution in [2.45, 2.75) is 12.8 Å². The Kier molecular flexibility index (Phi) is 4.19. The van der Waals surface area contributed by atoms with Gasteiger partial charge >= 0.3 is 0 Å². The molecule has 2 nitrogen and oxygen atoms in total. The number of rotatable bonds is 4. The van der Waals surface area contributed by atoms with Gasteiger partial charge in [-0.05, 0) is 28.3 Å². The summed E-state index contributed by atoms with van der Waals surface area (Å²) < 4.78 is 0. The largest absolute Gasteiger partial charge is 0.351 e. The maximum atomic E-state index is 12.5. The van der Waals surface area contributed by atoms with Gasteiger partial charge in [0, 0.05) is 12.1 Å². The van der Waals surface area contributed by atoms with Crippen molar-refractivity contribution in [1.29, 1.82) is 0 Å². The SMILES string of the molecule is C[C@H](CNC(=O)c1cccc2ccccc12)c1ccccc1. The Hall–Kier alpha value is -2.61. The van der Waals surface area contributed by atoms with Crippen LogP contribution in [0.3, 0.4) is 0 Å². The van der Waals surface area contributed by atoms with Gasteiger partial charge in [0.15, 0.2) is 0 Å². The number of fused-ring (bicyclic) bond motifs is 1. The molecule has 0 aliphatic rings. The molecule has 3 aromatic rings. The van der Waals surface area contributed by atoms with Gasteiger partial charge in [0.1, 0.15) is 0 Å². The van der Waals surface area contributed by atoms with Crippen LogP contribution in [0.5, 0.6) is 0 Å². The van der Waals surface area contributed by atoms with Crippen molar-refractivity contribution >= 4 is 16.7 Å². The van der Waals surface area contributed by atoms with E-state index >= 15 is 0 Å². The fourth-order valence-corrected chi connectivity index (χ4v) is 2.66. The third kappa shape index (κ3) is 3.01. The highest BCUT2D eigenvalue weighted by molar-refractivity contribution is 6.07. The Morgan fingerprint density at radius 3 is 2.41 bits per heavy atom. The fraction of sp³-hybridized carbons (Fsp3) is 0.150. The van der Waals surface area contributed by atoms with Gasteiger partial charge in [-0.1, -0.05) is 73.7 Å². The Morgan fingerprint density at radius 1 is 0.909 bits per heavy atom. The first kappa shape index (κ1) is 14.3. The molecule has 0 aliphatic heterocycles. The highest BCUT2D eigenvalue weighted by Gasteiger charge is 2.11. The summed E-state index contributed by atoms with van der Waals surface area (Å²) in [5, 5.41) is 5.13. The van der Waals surface area contributed by atoms with Crippen molar-refractivity contribution < 1.29 is 4.79 Å². The van der Waals surface area contributed by atoms with Crippen LogP contribution in [-0.4, -0.2) is 12.5 Å². The molecule has 1 atom stereocenters. The maximum absolute atomic E-state index is 12.5. The van der Waals surface area contributed by atoms with Gasteiger partial charge in [-0.15, -0.1) is 0 Å². The Labute approximate surface area is 130 Å². The van der Waals surface area contributed by atoms with E-state index in [0.29, 0.717) is 12.5 Å². The third-order valence-electron chi connectivity index (χ3n) is 3.97. The van der Waals surface area contributed by atoms with E-state index in [0.717, 1.165) is 16.3 Å². The van der Waals surface area contributed by atoms with Crippen molar-refractivity contribution in [3.63, 3.8) is 0 Å². The minimum atomic E-state index is -0.0143. The molecular weight excluding hydrogens is 270 g/mol. The molecule has 0 heterocycles. The minimum Gasteiger partial charge on any atom is -0.351 e. The Morgan fingerprint density at radius 2 is 1.59 bits per heavy atom. The van der Waals surface area contributed by atoms with Crippen LogP contribution in [0.4, 0.5) is 0 Å². The number of hydrogen-bond donors (Lipinski definition) is 1. The fourth-order valence-electron chi connectivity index (χ4n) is 2.66. The highest BCUT2D eigenvalue weighted by Crippen LogP contribution is 2.19. The van der Waals surface area contributed by atoms with E-state index < -0.39 is 0 Å². The van der Waals surface area contributed by atoms with Crippen molar-refractivity contribution in [2.24, 2.45) is 0 Å². The summed E-state index contributed by atoms with van der Waals surface area (Å²) >= 11 is 0. The smallest absolute Gasteiger partial charge is 0.251 e. The second kappa shape index (κ2) is 6.44. The van der Waals surface area contributed by atoms with Crippen LogP contribution in [0, 0.1) is 0 Å². The Bertz CT molecular complexity index is 775. The zero-order valence-electron chi connectivity index (χ0n) is 12.6. The van der Waals surface area contributed by atoms with E-state index in [4.69, 9.17) is 0 Å². The topological polar surface area (TPSA) is 29.1 Å². The van der Waals surface area contributed by atoms with E-state index in [1.165, 1.54) is 5.56 Å². The predicted molar refractivity (Wildman–Crippen MR) is 91.1 cm³/mol. The van der Waals surface area contributed by atoms with Crippen molar-refractivity contribution in [2.75, 3.05) is 6.54 Å². The summed E-state index contributed by atoms with van der Waals surface area (Å²) in [6, 6.07) is 24.0. The molecule has 0 unspecified atom stereocenters. The van der Waals surface area contributed by atoms with Gasteiger partial charge in [0.25, 0.3) is 5.91 Å². The summed E-state index contributed by atoms with van der Waals surface area (Å²) in [5.41, 5.74) is 1.97. The molecule has 2 heteroatoms. The van der Waals surface area contributed by atoms with Crippen molar-refractivity contribution in [3.8, 4) is 0 Å². The molecule has 0 saturated carbocycles. The molecule has 0 saturated heterocycles. The van der Waals surface area contributed by atoms with Crippen LogP contribution in [0.15, 0.2) is 72.8 Å². The first-order valence-corrected chi connectivity index (χ1v) is 7.56. The first-order valence-electron chi connectivity index (χ1n) is 7.56. The molecule has 22 heavy (non-hydrogen) atoms. The van der Waals surface area contributed by atoms with Crippen molar-refractivity contribution in [3.05, 3.63) is 83.9 Å². The molecule has 0 aliphatic carbocycles. The first-order chi connectivity index (χ1) is 10.8. The van der Waals surface area contributed by atoms with E-state index in [1.807, 2.05) is 60.7 Å². The van der Waals surface area contributed by atoms with Gasteiger partial charge in [-0.25, -0.2) is 0 Å². The summed E-state index contributed by atoms with van der Waals surface area (Å²) in [5.74, 6) is 0.278. The van der Waals surface area contributed by atoms with Crippen LogP contribution in [-0.2, 0) is 0 Å². The number of nitrogens with one attached hydrogen (secondary N) is 1. The van der Waals surface area contributed by atoms with E-state index in [2.05, 4.69) is 24.4 Å². The zero-order chi connectivity index (χ0) is 15.4. The lowest BCUT2D eigenvalue weighted by molar-refractivity contribution is 0.0953. The van der Waals surface area contributed by atoms with Crippen LogP contribution in [0.25, 0.3) is 10.8 Å². The summed E-state index contributed by atoms with van der Waals surface area (Å²) in [7, 11) is 0. The molecular formula is C20H19NO. The molecule has 3 aromatic carbocycles. The predicted octanol–water partition coefficient (Wildman–Crippen LogP) is 4.37. The van der Waals surface area contributed by atoms with E-state index in [1.54, 1.807) is 0 Å². The second-order valence-electron chi connectivity index (χ2n) is 5.55. The summed E-state index contributed by atoms with van der Waals surface area (Å²) in [4.78, 5) is 12.5. The molecule has 0 aromatic heterocycles. The van der Waals surface area contributed by atoms with Crippen LogP contribution < -0.4 is 5.32 Å². The molecule has 0 radical (unpaired) electrons. The third-order valence-corrected chi connectivity index (χ3v) is 3.97. The molecule has 1 N–H and O–H groups in total. The van der Waals surface area contributed by atoms with Crippen LogP contribution >= 0.6 is 0 Å². The van der Waals surface area contributed by atoms with Gasteiger partial charge in [0.05, 0.1) is 0 Å². The van der Waals surface area contributed by atoms with Crippen LogP contribution in [0.1, 0.15) is 28.8 Å². The molecule has 3 rings (SSSR count). The molecule has 110 valence electrons. The lowest BCUT2D eigenvalue weighted by atomic mass is 10.0. The summed E-state index contributed by atoms with van der Waals surface area (Å²) in [6.07, 6.45) is 0. The van der Waals surface area contributed by atoms with E-state index in [-0.39, 0.29) is 5.91 Å². The van der Waals surface area contributed by atoms with Gasteiger partial charge in [-0.2, -0.15) is 0 Å². The number of carbonyl (C=O) groups is 1. The lowest BCUT2D eigenvalue weighted by Crippen LogP contribution is -2.27. The average molecular weight is 289 g/mol. The molecule has 0 fully saturated rings. The van der Waals surface area contributed by atoms with Gasteiger partial charge in [0.2, 0.25) is 0 Å². The number of benzene rings is 3. The minimum absolute atomic E-state index is 0.0143. The lowest BCUT2D eigenvalue weighted by Gasteiger charge is -2.14. The van der Waals surface area contributed by atoms with Crippen LogP contribution in [0.2, 0.25) is 0 Å². The van der Waals surface area contributed by atoms with E-state index in [9.17, 15) is 4.79 Å². The zero-order valence-corrected chi connectivity index (χ0v) is 12.6. The quantitative estimate of drug-likeness (QED) is 0.759. The molecule has 0 bridgehead atoms. The summed E-state index contributed by atoms with van der Waals surface area (Å²) in [6.45, 7) is 2.75. The number of carbonyl (C=O) groups excluding carboxylic acids is 1.